The average molecular weight is 142 g/mol. The Morgan fingerprint density at radius 2 is 2.00 bits per heavy atom. The summed E-state index contributed by atoms with van der Waals surface area (Å²) >= 11 is 0. The molecule has 0 aromatic rings. The number of hydrogen-bond donors (Lipinski definition) is 2. The Hall–Kier alpha value is -0.660. The highest BCUT2D eigenvalue weighted by Gasteiger charge is 1.96. The minimum absolute atomic E-state index is 0.432. The molecule has 0 rings (SSSR count). The fraction of sp³-hybridized carbons (Fsp3) is 0.750. The quantitative estimate of drug-likeness (QED) is 0.628. The van der Waals surface area contributed by atoms with Crippen LogP contribution in [-0.2, 0) is 0 Å². The first-order valence-corrected chi connectivity index (χ1v) is 3.79. The van der Waals surface area contributed by atoms with Gasteiger partial charge in [0.05, 0.1) is 5.82 Å². The third-order valence-electron chi connectivity index (χ3n) is 1.43. The second-order valence-electron chi connectivity index (χ2n) is 2.85. The molecule has 0 radical (unpaired) electrons. The molecule has 2 heteroatoms. The van der Waals surface area contributed by atoms with Gasteiger partial charge in [0, 0.05) is 6.04 Å². The molecule has 0 bridgehead atoms. The highest BCUT2D eigenvalue weighted by atomic mass is 15.0. The SMILES string of the molecule is CCC(C)=C(N)NC(C)C. The van der Waals surface area contributed by atoms with Gasteiger partial charge >= 0.3 is 0 Å². The van der Waals surface area contributed by atoms with E-state index >= 15 is 0 Å². The summed E-state index contributed by atoms with van der Waals surface area (Å²) in [6, 6.07) is 0.432. The number of nitrogens with two attached hydrogens (primary N) is 1. The minimum Gasteiger partial charge on any atom is -0.386 e. The van der Waals surface area contributed by atoms with Crippen molar-refractivity contribution >= 4 is 0 Å². The first kappa shape index (κ1) is 9.34. The Bertz CT molecular complexity index is 125. The van der Waals surface area contributed by atoms with Gasteiger partial charge in [0.1, 0.15) is 0 Å². The van der Waals surface area contributed by atoms with Gasteiger partial charge in [-0.25, -0.2) is 0 Å². The van der Waals surface area contributed by atoms with Gasteiger partial charge in [0.15, 0.2) is 0 Å². The number of hydrogen-bond acceptors (Lipinski definition) is 2. The van der Waals surface area contributed by atoms with Crippen LogP contribution in [0.4, 0.5) is 0 Å². The van der Waals surface area contributed by atoms with Crippen molar-refractivity contribution in [3.8, 4) is 0 Å². The summed E-state index contributed by atoms with van der Waals surface area (Å²) in [4.78, 5) is 0. The Kier molecular flexibility index (Phi) is 3.93. The van der Waals surface area contributed by atoms with Crippen LogP contribution in [0.15, 0.2) is 11.4 Å². The van der Waals surface area contributed by atoms with E-state index in [1.807, 2.05) is 6.92 Å². The van der Waals surface area contributed by atoms with E-state index in [2.05, 4.69) is 26.1 Å². The fourth-order valence-electron chi connectivity index (χ4n) is 0.625. The van der Waals surface area contributed by atoms with Gasteiger partial charge in [0.2, 0.25) is 0 Å². The van der Waals surface area contributed by atoms with E-state index in [4.69, 9.17) is 5.73 Å². The standard InChI is InChI=1S/C8H18N2/c1-5-7(4)8(9)10-6(2)3/h6,10H,5,9H2,1-4H3. The van der Waals surface area contributed by atoms with Crippen molar-refractivity contribution in [3.63, 3.8) is 0 Å². The number of rotatable bonds is 3. The van der Waals surface area contributed by atoms with E-state index in [1.165, 1.54) is 5.57 Å². The highest BCUT2D eigenvalue weighted by Crippen LogP contribution is 2.00. The third kappa shape index (κ3) is 3.38. The predicted molar refractivity (Wildman–Crippen MR) is 45.5 cm³/mol. The predicted octanol–water partition coefficient (Wildman–Crippen LogP) is 1.58. The van der Waals surface area contributed by atoms with Crippen LogP contribution in [0.1, 0.15) is 34.1 Å². The van der Waals surface area contributed by atoms with E-state index in [0.717, 1.165) is 12.2 Å². The normalized spacial score (nSPS) is 13.3. The van der Waals surface area contributed by atoms with Crippen molar-refractivity contribution in [2.75, 3.05) is 0 Å². The van der Waals surface area contributed by atoms with Crippen molar-refractivity contribution < 1.29 is 0 Å². The second kappa shape index (κ2) is 4.20. The fourth-order valence-corrected chi connectivity index (χ4v) is 0.625. The summed E-state index contributed by atoms with van der Waals surface area (Å²) in [6.45, 7) is 8.31. The van der Waals surface area contributed by atoms with Crippen LogP contribution < -0.4 is 11.1 Å². The molecule has 0 aromatic carbocycles. The van der Waals surface area contributed by atoms with E-state index in [-0.39, 0.29) is 0 Å². The van der Waals surface area contributed by atoms with Crippen LogP contribution in [0, 0.1) is 0 Å². The Balaban J connectivity index is 3.92. The Labute approximate surface area is 63.5 Å². The summed E-state index contributed by atoms with van der Waals surface area (Å²) in [6.07, 6.45) is 1.02. The molecule has 0 amide bonds. The third-order valence-corrected chi connectivity index (χ3v) is 1.43. The zero-order valence-corrected chi connectivity index (χ0v) is 7.36. The maximum Gasteiger partial charge on any atom is 0.0950 e. The topological polar surface area (TPSA) is 38.0 Å². The molecule has 0 spiro atoms. The van der Waals surface area contributed by atoms with Gasteiger partial charge in [-0.05, 0) is 32.8 Å². The molecule has 3 N–H and O–H groups in total. The molecule has 0 fully saturated rings. The van der Waals surface area contributed by atoms with Gasteiger partial charge in [0.25, 0.3) is 0 Å². The van der Waals surface area contributed by atoms with Crippen molar-refractivity contribution in [1.82, 2.24) is 5.32 Å². The molecule has 0 saturated heterocycles. The van der Waals surface area contributed by atoms with Crippen molar-refractivity contribution in [1.29, 1.82) is 0 Å². The molecule has 0 atom stereocenters. The van der Waals surface area contributed by atoms with Gasteiger partial charge in [-0.1, -0.05) is 6.92 Å². The average Bonchev–Trinajstić information content (AvgIpc) is 1.85. The van der Waals surface area contributed by atoms with Crippen LogP contribution in [0.5, 0.6) is 0 Å². The smallest absolute Gasteiger partial charge is 0.0950 e. The lowest BCUT2D eigenvalue weighted by Crippen LogP contribution is -2.28. The highest BCUT2D eigenvalue weighted by molar-refractivity contribution is 5.06. The van der Waals surface area contributed by atoms with Crippen molar-refractivity contribution in [2.24, 2.45) is 5.73 Å². The van der Waals surface area contributed by atoms with Crippen molar-refractivity contribution in [2.45, 2.75) is 40.2 Å². The minimum atomic E-state index is 0.432. The molecule has 0 aliphatic rings. The van der Waals surface area contributed by atoms with Gasteiger partial charge in [-0.15, -0.1) is 0 Å². The number of allylic oxidation sites excluding steroid dienone is 1. The first-order valence-electron chi connectivity index (χ1n) is 3.79. The van der Waals surface area contributed by atoms with E-state index in [9.17, 15) is 0 Å². The molecule has 0 unspecified atom stereocenters. The van der Waals surface area contributed by atoms with Crippen molar-refractivity contribution in [3.05, 3.63) is 11.4 Å². The summed E-state index contributed by atoms with van der Waals surface area (Å²) < 4.78 is 0. The lowest BCUT2D eigenvalue weighted by atomic mass is 10.2. The summed E-state index contributed by atoms with van der Waals surface area (Å²) in [5.41, 5.74) is 6.93. The Morgan fingerprint density at radius 3 is 2.30 bits per heavy atom. The molecule has 0 heterocycles. The van der Waals surface area contributed by atoms with Crippen LogP contribution in [-0.4, -0.2) is 6.04 Å². The Morgan fingerprint density at radius 1 is 1.50 bits per heavy atom. The molecule has 0 aliphatic carbocycles. The lowest BCUT2D eigenvalue weighted by Gasteiger charge is -2.11. The molecular weight excluding hydrogens is 124 g/mol. The summed E-state index contributed by atoms with van der Waals surface area (Å²) in [5.74, 6) is 0.831. The van der Waals surface area contributed by atoms with E-state index in [0.29, 0.717) is 6.04 Å². The first-order chi connectivity index (χ1) is 4.57. The van der Waals surface area contributed by atoms with E-state index < -0.39 is 0 Å². The van der Waals surface area contributed by atoms with Crippen LogP contribution in [0.2, 0.25) is 0 Å². The molecule has 0 saturated carbocycles. The molecule has 60 valence electrons. The lowest BCUT2D eigenvalue weighted by molar-refractivity contribution is 0.653. The van der Waals surface area contributed by atoms with Crippen LogP contribution in [0.3, 0.4) is 0 Å². The number of nitrogens with one attached hydrogen (secondary N) is 1. The van der Waals surface area contributed by atoms with Crippen LogP contribution >= 0.6 is 0 Å². The molecule has 2 nitrogen and oxygen atoms in total. The zero-order valence-electron chi connectivity index (χ0n) is 7.36. The monoisotopic (exact) mass is 142 g/mol. The van der Waals surface area contributed by atoms with Crippen LogP contribution in [0.25, 0.3) is 0 Å². The second-order valence-corrected chi connectivity index (χ2v) is 2.85. The van der Waals surface area contributed by atoms with Gasteiger partial charge in [-0.3, -0.25) is 0 Å². The molecular formula is C8H18N2. The maximum atomic E-state index is 5.70. The molecule has 10 heavy (non-hydrogen) atoms. The van der Waals surface area contributed by atoms with E-state index in [1.54, 1.807) is 0 Å². The summed E-state index contributed by atoms with van der Waals surface area (Å²) in [7, 11) is 0. The zero-order chi connectivity index (χ0) is 8.15. The largest absolute Gasteiger partial charge is 0.386 e. The van der Waals surface area contributed by atoms with Gasteiger partial charge in [-0.2, -0.15) is 0 Å². The maximum absolute atomic E-state index is 5.70. The molecule has 0 aliphatic heterocycles. The summed E-state index contributed by atoms with van der Waals surface area (Å²) in [5, 5.41) is 3.15. The van der Waals surface area contributed by atoms with Gasteiger partial charge < -0.3 is 11.1 Å². The molecule has 0 aromatic heterocycles.